The van der Waals surface area contributed by atoms with Crippen molar-refractivity contribution in [3.8, 4) is 11.5 Å². The lowest BCUT2D eigenvalue weighted by Gasteiger charge is -2.22. The van der Waals surface area contributed by atoms with Gasteiger partial charge in [0.15, 0.2) is 11.5 Å². The van der Waals surface area contributed by atoms with Crippen LogP contribution in [0.15, 0.2) is 70.5 Å². The van der Waals surface area contributed by atoms with Crippen LogP contribution in [0.25, 0.3) is 0 Å². The molecular formula is C18H11Cl2NO3S. The second kappa shape index (κ2) is 5.95. The molecule has 0 bridgehead atoms. The highest BCUT2D eigenvalue weighted by molar-refractivity contribution is 7.91. The minimum Gasteiger partial charge on any atom is -0.453 e. The fourth-order valence-corrected chi connectivity index (χ4v) is 4.18. The van der Waals surface area contributed by atoms with Crippen LogP contribution in [0.3, 0.4) is 0 Å². The van der Waals surface area contributed by atoms with Crippen LogP contribution in [0.4, 0.5) is 11.4 Å². The van der Waals surface area contributed by atoms with E-state index in [1.54, 1.807) is 54.6 Å². The lowest BCUT2D eigenvalue weighted by molar-refractivity contribution is 0.479. The van der Waals surface area contributed by atoms with Crippen molar-refractivity contribution >= 4 is 44.4 Å². The van der Waals surface area contributed by atoms with Gasteiger partial charge in [-0.15, -0.1) is 0 Å². The minimum absolute atomic E-state index is 0.155. The maximum Gasteiger partial charge on any atom is 0.206 e. The number of rotatable bonds is 2. The average molecular weight is 392 g/mol. The number of nitrogens with one attached hydrogen (secondary N) is 1. The smallest absolute Gasteiger partial charge is 0.206 e. The van der Waals surface area contributed by atoms with Crippen LogP contribution < -0.4 is 10.1 Å². The fourth-order valence-electron chi connectivity index (χ4n) is 2.57. The van der Waals surface area contributed by atoms with E-state index in [-0.39, 0.29) is 9.79 Å². The number of fused-ring (bicyclic) bond motifs is 2. The van der Waals surface area contributed by atoms with Crippen LogP contribution in [0.5, 0.6) is 11.5 Å². The summed E-state index contributed by atoms with van der Waals surface area (Å²) in [4.78, 5) is 0.386. The van der Waals surface area contributed by atoms with Gasteiger partial charge in [-0.05, 0) is 30.3 Å². The van der Waals surface area contributed by atoms with Gasteiger partial charge in [-0.3, -0.25) is 0 Å². The number of sulfone groups is 1. The van der Waals surface area contributed by atoms with E-state index in [9.17, 15) is 8.42 Å². The van der Waals surface area contributed by atoms with E-state index in [1.807, 2.05) is 0 Å². The van der Waals surface area contributed by atoms with E-state index < -0.39 is 9.84 Å². The number of hydrogen-bond acceptors (Lipinski definition) is 4. The summed E-state index contributed by atoms with van der Waals surface area (Å²) in [6.45, 7) is 0. The van der Waals surface area contributed by atoms with Gasteiger partial charge < -0.3 is 10.1 Å². The average Bonchev–Trinajstić information content (AvgIpc) is 2.61. The molecule has 0 fully saturated rings. The molecule has 0 unspecified atom stereocenters. The van der Waals surface area contributed by atoms with Gasteiger partial charge in [0, 0.05) is 12.1 Å². The molecule has 3 aromatic rings. The maximum atomic E-state index is 12.7. The third kappa shape index (κ3) is 2.84. The lowest BCUT2D eigenvalue weighted by Crippen LogP contribution is -2.06. The Balaban J connectivity index is 1.76. The summed E-state index contributed by atoms with van der Waals surface area (Å²) in [7, 11) is -3.62. The van der Waals surface area contributed by atoms with Crippen LogP contribution >= 0.6 is 23.2 Å². The number of hydrogen-bond donors (Lipinski definition) is 1. The minimum atomic E-state index is -3.62. The van der Waals surface area contributed by atoms with Gasteiger partial charge in [0.25, 0.3) is 0 Å². The monoisotopic (exact) mass is 391 g/mol. The Hall–Kier alpha value is -2.21. The van der Waals surface area contributed by atoms with Crippen molar-refractivity contribution in [1.82, 2.24) is 0 Å². The SMILES string of the molecule is O=S(=O)(c1ccccc1)c1ccc2c(c1)Oc1cc(Cl)c(Cl)cc1N2. The van der Waals surface area contributed by atoms with Crippen molar-refractivity contribution in [2.45, 2.75) is 9.79 Å². The molecule has 0 saturated carbocycles. The number of ether oxygens (including phenoxy) is 1. The zero-order chi connectivity index (χ0) is 17.6. The highest BCUT2D eigenvalue weighted by Crippen LogP contribution is 2.45. The van der Waals surface area contributed by atoms with Crippen LogP contribution in [-0.2, 0) is 9.84 Å². The molecule has 1 N–H and O–H groups in total. The molecular weight excluding hydrogens is 381 g/mol. The van der Waals surface area contributed by atoms with Gasteiger partial charge in [-0.25, -0.2) is 8.42 Å². The molecule has 0 saturated heterocycles. The molecule has 4 nitrogen and oxygen atoms in total. The number of halogens is 2. The second-order valence-corrected chi connectivity index (χ2v) is 8.23. The second-order valence-electron chi connectivity index (χ2n) is 5.46. The molecule has 126 valence electrons. The molecule has 1 aliphatic rings. The third-order valence-corrected chi connectivity index (χ3v) is 6.32. The Kier molecular flexibility index (Phi) is 3.87. The Morgan fingerprint density at radius 1 is 0.760 bits per heavy atom. The number of anilines is 2. The summed E-state index contributed by atoms with van der Waals surface area (Å²) < 4.78 is 31.3. The van der Waals surface area contributed by atoms with Crippen molar-refractivity contribution in [1.29, 1.82) is 0 Å². The Morgan fingerprint density at radius 2 is 1.44 bits per heavy atom. The maximum absolute atomic E-state index is 12.7. The molecule has 0 spiro atoms. The largest absolute Gasteiger partial charge is 0.453 e. The summed E-state index contributed by atoms with van der Waals surface area (Å²) in [5.41, 5.74) is 1.32. The predicted molar refractivity (Wildman–Crippen MR) is 98.2 cm³/mol. The Bertz CT molecular complexity index is 1080. The van der Waals surface area contributed by atoms with Gasteiger partial charge in [0.05, 0.1) is 31.2 Å². The van der Waals surface area contributed by atoms with Gasteiger partial charge in [-0.2, -0.15) is 0 Å². The topological polar surface area (TPSA) is 55.4 Å². The zero-order valence-electron chi connectivity index (χ0n) is 12.7. The summed E-state index contributed by atoms with van der Waals surface area (Å²) >= 11 is 12.0. The molecule has 0 aromatic heterocycles. The van der Waals surface area contributed by atoms with Crippen molar-refractivity contribution in [2.24, 2.45) is 0 Å². The molecule has 0 aliphatic carbocycles. The molecule has 0 amide bonds. The van der Waals surface area contributed by atoms with E-state index in [1.165, 1.54) is 6.07 Å². The first-order valence-corrected chi connectivity index (χ1v) is 9.57. The standard InChI is InChI=1S/C18H11Cl2NO3S/c19-13-9-16-18(10-14(13)20)24-17-8-12(6-7-15(17)21-16)25(22,23)11-4-2-1-3-5-11/h1-10,21H. The van der Waals surface area contributed by atoms with Gasteiger partial charge in [-0.1, -0.05) is 41.4 Å². The molecule has 4 rings (SSSR count). The van der Waals surface area contributed by atoms with Gasteiger partial charge in [0.2, 0.25) is 9.84 Å². The molecule has 0 atom stereocenters. The molecule has 1 heterocycles. The van der Waals surface area contributed by atoms with E-state index >= 15 is 0 Å². The van der Waals surface area contributed by atoms with Gasteiger partial charge >= 0.3 is 0 Å². The summed E-state index contributed by atoms with van der Waals surface area (Å²) in [5, 5.41) is 3.93. The molecule has 7 heteroatoms. The first kappa shape index (κ1) is 16.3. The summed E-state index contributed by atoms with van der Waals surface area (Å²) in [6, 6.07) is 16.2. The van der Waals surface area contributed by atoms with Crippen LogP contribution in [0.2, 0.25) is 10.0 Å². The van der Waals surface area contributed by atoms with Crippen molar-refractivity contribution in [3.05, 3.63) is 70.7 Å². The van der Waals surface area contributed by atoms with E-state index in [4.69, 9.17) is 27.9 Å². The molecule has 0 radical (unpaired) electrons. The molecule has 1 aliphatic heterocycles. The van der Waals surface area contributed by atoms with E-state index in [0.717, 1.165) is 0 Å². The predicted octanol–water partition coefficient (Wildman–Crippen LogP) is 5.68. The van der Waals surface area contributed by atoms with Crippen LogP contribution in [0.1, 0.15) is 0 Å². The highest BCUT2D eigenvalue weighted by atomic mass is 35.5. The molecule has 3 aromatic carbocycles. The van der Waals surface area contributed by atoms with Crippen LogP contribution in [0, 0.1) is 0 Å². The summed E-state index contributed by atoms with van der Waals surface area (Å²) in [5.74, 6) is 0.888. The van der Waals surface area contributed by atoms with E-state index in [0.29, 0.717) is 32.9 Å². The van der Waals surface area contributed by atoms with Crippen molar-refractivity contribution in [3.63, 3.8) is 0 Å². The fraction of sp³-hybridized carbons (Fsp3) is 0. The van der Waals surface area contributed by atoms with Crippen molar-refractivity contribution < 1.29 is 13.2 Å². The molecule has 25 heavy (non-hydrogen) atoms. The Morgan fingerprint density at radius 3 is 2.20 bits per heavy atom. The van der Waals surface area contributed by atoms with Crippen LogP contribution in [-0.4, -0.2) is 8.42 Å². The normalized spacial score (nSPS) is 12.6. The first-order valence-electron chi connectivity index (χ1n) is 7.33. The first-order chi connectivity index (χ1) is 11.9. The quantitative estimate of drug-likeness (QED) is 0.477. The Labute approximate surface area is 154 Å². The lowest BCUT2D eigenvalue weighted by atomic mass is 10.2. The highest BCUT2D eigenvalue weighted by Gasteiger charge is 2.23. The third-order valence-electron chi connectivity index (χ3n) is 3.83. The van der Waals surface area contributed by atoms with Crippen molar-refractivity contribution in [2.75, 3.05) is 5.32 Å². The number of benzene rings is 3. The van der Waals surface area contributed by atoms with E-state index in [2.05, 4.69) is 5.32 Å². The van der Waals surface area contributed by atoms with Gasteiger partial charge in [0.1, 0.15) is 0 Å². The summed E-state index contributed by atoms with van der Waals surface area (Å²) in [6.07, 6.45) is 0. The zero-order valence-corrected chi connectivity index (χ0v) is 15.0.